The van der Waals surface area contributed by atoms with Gasteiger partial charge in [-0.1, -0.05) is 13.8 Å². The molecule has 1 aromatic carbocycles. The number of cyclic esters (lactones) is 1. The first-order valence-corrected chi connectivity index (χ1v) is 11.9. The van der Waals surface area contributed by atoms with Gasteiger partial charge < -0.3 is 14.4 Å². The number of nitrogens with zero attached hydrogens (tertiary/aromatic N) is 2. The second-order valence-corrected chi connectivity index (χ2v) is 8.52. The summed E-state index contributed by atoms with van der Waals surface area (Å²) in [5, 5.41) is 11.1. The van der Waals surface area contributed by atoms with Gasteiger partial charge in [-0.25, -0.2) is 14.2 Å². The molecule has 0 bridgehead atoms. The van der Waals surface area contributed by atoms with Crippen molar-refractivity contribution in [3.05, 3.63) is 62.2 Å². The molecule has 2 aliphatic rings. The quantitative estimate of drug-likeness (QED) is 0.265. The zero-order valence-corrected chi connectivity index (χ0v) is 19.8. The Labute approximate surface area is 196 Å². The maximum Gasteiger partial charge on any atom is 0.340 e. The molecular formula is C25H27FN2O4S. The molecule has 2 aromatic heterocycles. The molecule has 0 fully saturated rings. The number of halogens is 1. The summed E-state index contributed by atoms with van der Waals surface area (Å²) in [6.45, 7) is 5.95. The third-order valence-electron chi connectivity index (χ3n) is 6.25. The Morgan fingerprint density at radius 2 is 2.00 bits per heavy atom. The second-order valence-electron chi connectivity index (χ2n) is 8.07. The van der Waals surface area contributed by atoms with Crippen LogP contribution in [0.4, 0.5) is 4.39 Å². The lowest BCUT2D eigenvalue weighted by Crippen LogP contribution is -2.32. The summed E-state index contributed by atoms with van der Waals surface area (Å²) in [5.41, 5.74) is 4.26. The molecule has 0 amide bonds. The summed E-state index contributed by atoms with van der Waals surface area (Å²) in [6, 6.07) is 5.05. The largest absolute Gasteiger partial charge is 0.458 e. The lowest BCUT2D eigenvalue weighted by atomic mass is 9.95. The number of pyridine rings is 2. The maximum absolute atomic E-state index is 14.7. The van der Waals surface area contributed by atoms with E-state index in [1.54, 1.807) is 17.6 Å². The second kappa shape index (κ2) is 9.27. The minimum absolute atomic E-state index is 0.157. The molecular weight excluding hydrogens is 443 g/mol. The summed E-state index contributed by atoms with van der Waals surface area (Å²) in [4.78, 5) is 29.5. The van der Waals surface area contributed by atoms with E-state index in [-0.39, 0.29) is 29.1 Å². The van der Waals surface area contributed by atoms with Crippen LogP contribution in [0, 0.1) is 12.7 Å². The van der Waals surface area contributed by atoms with Gasteiger partial charge in [0.15, 0.2) is 6.10 Å². The van der Waals surface area contributed by atoms with Gasteiger partial charge in [0.05, 0.1) is 29.0 Å². The van der Waals surface area contributed by atoms with Gasteiger partial charge in [0.2, 0.25) is 0 Å². The van der Waals surface area contributed by atoms with Crippen molar-refractivity contribution in [1.29, 1.82) is 0 Å². The van der Waals surface area contributed by atoms with Gasteiger partial charge in [-0.3, -0.25) is 4.79 Å². The molecule has 0 radical (unpaired) electrons. The highest BCUT2D eigenvalue weighted by Crippen LogP contribution is 2.37. The number of rotatable bonds is 4. The molecule has 33 heavy (non-hydrogen) atoms. The Bertz CT molecular complexity index is 1320. The summed E-state index contributed by atoms with van der Waals surface area (Å²) in [7, 11) is 0. The molecule has 0 aliphatic carbocycles. The molecule has 174 valence electrons. The van der Waals surface area contributed by atoms with E-state index in [0.717, 1.165) is 41.5 Å². The Hall–Kier alpha value is -2.71. The van der Waals surface area contributed by atoms with Crippen LogP contribution in [0.1, 0.15) is 60.6 Å². The third-order valence-corrected chi connectivity index (χ3v) is 6.56. The highest BCUT2D eigenvalue weighted by Gasteiger charge is 2.33. The summed E-state index contributed by atoms with van der Waals surface area (Å²) in [6.07, 6.45) is 1.08. The lowest BCUT2D eigenvalue weighted by Gasteiger charge is -2.21. The fraction of sp³-hybridized carbons (Fsp3) is 0.400. The molecule has 6 nitrogen and oxygen atoms in total. The topological polar surface area (TPSA) is 81.4 Å². The van der Waals surface area contributed by atoms with Crippen LogP contribution in [-0.2, 0) is 29.1 Å². The SMILES string of the molecule is CC.Cc1c(F)cc2nc3c(cc2c1CCCCS)Cn1c-3cc2c(c1=O)COC(=O)C2O. The van der Waals surface area contributed by atoms with E-state index in [0.29, 0.717) is 29.0 Å². The van der Waals surface area contributed by atoms with Crippen LogP contribution in [0.25, 0.3) is 22.3 Å². The zero-order valence-electron chi connectivity index (χ0n) is 18.9. The molecule has 1 unspecified atom stereocenters. The number of thiol groups is 1. The van der Waals surface area contributed by atoms with Crippen LogP contribution >= 0.6 is 12.6 Å². The standard InChI is InChI=1S/C23H21FN2O4S.C2H6/c1-11-13(4-2-3-5-31)14-6-12-9-26-19(20(12)25-18(14)8-17(11)24)7-15-16(22(26)28)10-30-23(29)21(15)27;1-2/h6-8,21,27,31H,2-5,9-10H2,1H3;1-2H3. The molecule has 5 rings (SSSR count). The van der Waals surface area contributed by atoms with Gasteiger partial charge in [0.25, 0.3) is 5.56 Å². The summed E-state index contributed by atoms with van der Waals surface area (Å²) >= 11 is 4.26. The molecule has 0 spiro atoms. The smallest absolute Gasteiger partial charge is 0.340 e. The van der Waals surface area contributed by atoms with Crippen LogP contribution in [0.2, 0.25) is 0 Å². The monoisotopic (exact) mass is 470 g/mol. The average molecular weight is 471 g/mol. The van der Waals surface area contributed by atoms with Gasteiger partial charge in [-0.2, -0.15) is 12.6 Å². The van der Waals surface area contributed by atoms with Crippen molar-refractivity contribution >= 4 is 29.5 Å². The Balaban J connectivity index is 0.00000126. The number of hydrogen-bond acceptors (Lipinski definition) is 6. The van der Waals surface area contributed by atoms with E-state index < -0.39 is 12.1 Å². The number of aromatic nitrogens is 2. The lowest BCUT2D eigenvalue weighted by molar-refractivity contribution is -0.157. The summed E-state index contributed by atoms with van der Waals surface area (Å²) in [5.74, 6) is -0.300. The molecule has 2 aliphatic heterocycles. The fourth-order valence-electron chi connectivity index (χ4n) is 4.54. The number of benzene rings is 1. The number of aliphatic hydroxyl groups is 1. The molecule has 0 saturated heterocycles. The average Bonchev–Trinajstić information content (AvgIpc) is 3.17. The summed E-state index contributed by atoms with van der Waals surface area (Å²) < 4.78 is 21.2. The zero-order chi connectivity index (χ0) is 23.9. The number of aryl methyl sites for hydroxylation is 1. The van der Waals surface area contributed by atoms with Crippen molar-refractivity contribution in [3.8, 4) is 11.4 Å². The van der Waals surface area contributed by atoms with Crippen molar-refractivity contribution in [1.82, 2.24) is 9.55 Å². The third kappa shape index (κ3) is 3.85. The predicted molar refractivity (Wildman–Crippen MR) is 128 cm³/mol. The minimum atomic E-state index is -1.50. The first-order valence-electron chi connectivity index (χ1n) is 11.2. The Morgan fingerprint density at radius 3 is 2.73 bits per heavy atom. The van der Waals surface area contributed by atoms with Gasteiger partial charge in [-0.15, -0.1) is 0 Å². The number of unbranched alkanes of at least 4 members (excludes halogenated alkanes) is 1. The van der Waals surface area contributed by atoms with E-state index in [1.165, 1.54) is 6.07 Å². The van der Waals surface area contributed by atoms with Crippen molar-refractivity contribution in [3.63, 3.8) is 0 Å². The molecule has 8 heteroatoms. The highest BCUT2D eigenvalue weighted by atomic mass is 32.1. The number of carbonyl (C=O) groups is 1. The molecule has 4 heterocycles. The van der Waals surface area contributed by atoms with Crippen molar-refractivity contribution in [2.75, 3.05) is 5.75 Å². The number of aliphatic hydroxyl groups excluding tert-OH is 1. The van der Waals surface area contributed by atoms with E-state index in [2.05, 4.69) is 12.6 Å². The minimum Gasteiger partial charge on any atom is -0.458 e. The Morgan fingerprint density at radius 1 is 1.24 bits per heavy atom. The van der Waals surface area contributed by atoms with Gasteiger partial charge in [0.1, 0.15) is 12.4 Å². The number of fused-ring (bicyclic) bond motifs is 5. The van der Waals surface area contributed by atoms with Gasteiger partial charge in [0, 0.05) is 22.6 Å². The molecule has 1 atom stereocenters. The molecule has 3 aromatic rings. The van der Waals surface area contributed by atoms with E-state index >= 15 is 0 Å². The van der Waals surface area contributed by atoms with Crippen LogP contribution in [0.5, 0.6) is 0 Å². The predicted octanol–water partition coefficient (Wildman–Crippen LogP) is 4.24. The van der Waals surface area contributed by atoms with Crippen molar-refractivity contribution in [2.45, 2.75) is 59.3 Å². The Kier molecular flexibility index (Phi) is 6.59. The van der Waals surface area contributed by atoms with E-state index in [9.17, 15) is 19.1 Å². The molecule has 0 saturated carbocycles. The van der Waals surface area contributed by atoms with Crippen LogP contribution < -0.4 is 5.56 Å². The number of ether oxygens (including phenoxy) is 1. The van der Waals surface area contributed by atoms with Crippen molar-refractivity contribution in [2.24, 2.45) is 0 Å². The number of hydrogen-bond donors (Lipinski definition) is 2. The fourth-order valence-corrected chi connectivity index (χ4v) is 4.77. The number of carbonyl (C=O) groups excluding carboxylic acids is 1. The van der Waals surface area contributed by atoms with E-state index in [4.69, 9.17) is 9.72 Å². The normalized spacial score (nSPS) is 15.9. The van der Waals surface area contributed by atoms with Gasteiger partial charge in [-0.05, 0) is 55.2 Å². The van der Waals surface area contributed by atoms with Crippen LogP contribution in [0.15, 0.2) is 23.0 Å². The first-order chi connectivity index (χ1) is 15.9. The number of esters is 1. The van der Waals surface area contributed by atoms with Crippen LogP contribution in [-0.4, -0.2) is 26.4 Å². The first kappa shape index (κ1) is 23.4. The van der Waals surface area contributed by atoms with E-state index in [1.807, 2.05) is 19.9 Å². The highest BCUT2D eigenvalue weighted by molar-refractivity contribution is 7.80. The van der Waals surface area contributed by atoms with Crippen LogP contribution in [0.3, 0.4) is 0 Å². The van der Waals surface area contributed by atoms with Gasteiger partial charge >= 0.3 is 5.97 Å². The molecule has 1 N–H and O–H groups in total. The van der Waals surface area contributed by atoms with Crippen molar-refractivity contribution < 1.29 is 19.0 Å². The maximum atomic E-state index is 14.7.